The average molecular weight is 382 g/mol. The Kier molecular flexibility index (Phi) is 5.95. The van der Waals surface area contributed by atoms with E-state index in [1.165, 1.54) is 10.0 Å². The van der Waals surface area contributed by atoms with E-state index in [1.807, 2.05) is 18.2 Å². The minimum absolute atomic E-state index is 0.290. The van der Waals surface area contributed by atoms with E-state index in [0.717, 1.165) is 16.8 Å². The van der Waals surface area contributed by atoms with Crippen molar-refractivity contribution in [2.45, 2.75) is 11.4 Å². The van der Waals surface area contributed by atoms with Crippen LogP contribution in [-0.2, 0) is 0 Å². The Hall–Kier alpha value is -2.22. The van der Waals surface area contributed by atoms with E-state index in [1.54, 1.807) is 7.11 Å². The number of benzene rings is 3. The molecular weight excluding hydrogens is 361 g/mol. The molecule has 0 aromatic heterocycles. The standard InChI is InChI=1S/C21H21NOSe/c1-23-19-14-12-17(13-15-19)21(22-18-8-4-2-5-9-18)16-24-20-10-6-3-7-11-20/h2-15,21-22H,16H2,1H3. The fourth-order valence-electron chi connectivity index (χ4n) is 2.49. The fraction of sp³-hybridized carbons (Fsp3) is 0.143. The Morgan fingerprint density at radius 2 is 1.46 bits per heavy atom. The van der Waals surface area contributed by atoms with Crippen molar-refractivity contribution in [1.29, 1.82) is 0 Å². The number of hydrogen-bond donors (Lipinski definition) is 1. The molecule has 0 aliphatic rings. The number of para-hydroxylation sites is 1. The number of hydrogen-bond acceptors (Lipinski definition) is 2. The first-order valence-electron chi connectivity index (χ1n) is 7.98. The molecule has 3 aromatic rings. The molecule has 0 heterocycles. The third-order valence-corrected chi connectivity index (χ3v) is 6.11. The SMILES string of the molecule is COc1ccc(C(C[Se]c2ccccc2)Nc2ccccc2)cc1. The van der Waals surface area contributed by atoms with Gasteiger partial charge in [-0.1, -0.05) is 0 Å². The van der Waals surface area contributed by atoms with Crippen LogP contribution in [0.25, 0.3) is 0 Å². The molecule has 0 aliphatic heterocycles. The summed E-state index contributed by atoms with van der Waals surface area (Å²) < 4.78 is 6.71. The van der Waals surface area contributed by atoms with E-state index >= 15 is 0 Å². The summed E-state index contributed by atoms with van der Waals surface area (Å²) in [4.78, 5) is 0. The van der Waals surface area contributed by atoms with Crippen LogP contribution >= 0.6 is 0 Å². The Morgan fingerprint density at radius 1 is 0.833 bits per heavy atom. The maximum absolute atomic E-state index is 5.28. The van der Waals surface area contributed by atoms with Gasteiger partial charge < -0.3 is 0 Å². The van der Waals surface area contributed by atoms with Crippen LogP contribution in [0.2, 0.25) is 5.32 Å². The van der Waals surface area contributed by atoms with Crippen LogP contribution in [-0.4, -0.2) is 22.1 Å². The van der Waals surface area contributed by atoms with Crippen LogP contribution in [0.5, 0.6) is 5.75 Å². The molecule has 3 heteroatoms. The van der Waals surface area contributed by atoms with Gasteiger partial charge in [0.2, 0.25) is 0 Å². The second-order valence-corrected chi connectivity index (χ2v) is 7.75. The molecule has 3 aromatic carbocycles. The van der Waals surface area contributed by atoms with E-state index < -0.39 is 0 Å². The van der Waals surface area contributed by atoms with Gasteiger partial charge in [0, 0.05) is 0 Å². The van der Waals surface area contributed by atoms with Crippen molar-refractivity contribution in [3.63, 3.8) is 0 Å². The normalized spacial score (nSPS) is 11.7. The van der Waals surface area contributed by atoms with E-state index in [-0.39, 0.29) is 0 Å². The van der Waals surface area contributed by atoms with Crippen molar-refractivity contribution >= 4 is 25.1 Å². The van der Waals surface area contributed by atoms with Crippen molar-refractivity contribution in [2.75, 3.05) is 12.4 Å². The summed E-state index contributed by atoms with van der Waals surface area (Å²) >= 11 is 0.424. The second-order valence-electron chi connectivity index (χ2n) is 5.46. The third-order valence-electron chi connectivity index (χ3n) is 3.79. The monoisotopic (exact) mass is 383 g/mol. The molecule has 0 fully saturated rings. The molecule has 0 saturated heterocycles. The van der Waals surface area contributed by atoms with Crippen molar-refractivity contribution in [1.82, 2.24) is 0 Å². The van der Waals surface area contributed by atoms with Gasteiger partial charge in [-0.15, -0.1) is 0 Å². The van der Waals surface area contributed by atoms with Crippen LogP contribution in [0.1, 0.15) is 11.6 Å². The first-order chi connectivity index (χ1) is 11.8. The van der Waals surface area contributed by atoms with Gasteiger partial charge in [-0.25, -0.2) is 0 Å². The van der Waals surface area contributed by atoms with Crippen molar-refractivity contribution in [3.8, 4) is 5.75 Å². The molecule has 0 amide bonds. The van der Waals surface area contributed by atoms with Crippen molar-refractivity contribution in [2.24, 2.45) is 0 Å². The molecule has 0 spiro atoms. The third kappa shape index (κ3) is 4.64. The number of anilines is 1. The summed E-state index contributed by atoms with van der Waals surface area (Å²) in [6, 6.07) is 29.8. The van der Waals surface area contributed by atoms with E-state index in [9.17, 15) is 0 Å². The maximum atomic E-state index is 5.28. The number of methoxy groups -OCH3 is 1. The molecule has 1 unspecified atom stereocenters. The first-order valence-corrected chi connectivity index (χ1v) is 10.1. The van der Waals surface area contributed by atoms with Crippen LogP contribution < -0.4 is 14.5 Å². The summed E-state index contributed by atoms with van der Waals surface area (Å²) in [6.45, 7) is 0. The van der Waals surface area contributed by atoms with Gasteiger partial charge in [0.1, 0.15) is 0 Å². The van der Waals surface area contributed by atoms with E-state index in [4.69, 9.17) is 4.74 Å². The number of rotatable bonds is 7. The first kappa shape index (κ1) is 16.6. The van der Waals surface area contributed by atoms with E-state index in [2.05, 4.69) is 72.0 Å². The molecule has 24 heavy (non-hydrogen) atoms. The summed E-state index contributed by atoms with van der Waals surface area (Å²) in [6.07, 6.45) is 0. The molecular formula is C21H21NOSe. The van der Waals surface area contributed by atoms with Gasteiger partial charge in [-0.3, -0.25) is 0 Å². The topological polar surface area (TPSA) is 21.3 Å². The molecule has 2 nitrogen and oxygen atoms in total. The minimum atomic E-state index is 0.290. The average Bonchev–Trinajstić information content (AvgIpc) is 2.67. The molecule has 122 valence electrons. The van der Waals surface area contributed by atoms with Crippen molar-refractivity contribution in [3.05, 3.63) is 90.5 Å². The molecule has 1 N–H and O–H groups in total. The zero-order valence-electron chi connectivity index (χ0n) is 13.7. The Balaban J connectivity index is 1.76. The predicted octanol–water partition coefficient (Wildman–Crippen LogP) is 4.30. The van der Waals surface area contributed by atoms with Crippen LogP contribution in [0.4, 0.5) is 5.69 Å². The summed E-state index contributed by atoms with van der Waals surface area (Å²) in [5.74, 6) is 0.894. The van der Waals surface area contributed by atoms with Gasteiger partial charge in [-0.05, 0) is 0 Å². The van der Waals surface area contributed by atoms with Crippen LogP contribution in [0.3, 0.4) is 0 Å². The van der Waals surface area contributed by atoms with Crippen LogP contribution in [0, 0.1) is 0 Å². The molecule has 0 aliphatic carbocycles. The van der Waals surface area contributed by atoms with Gasteiger partial charge in [-0.2, -0.15) is 0 Å². The zero-order chi connectivity index (χ0) is 16.6. The molecule has 0 saturated carbocycles. The van der Waals surface area contributed by atoms with Gasteiger partial charge in [0.05, 0.1) is 0 Å². The zero-order valence-corrected chi connectivity index (χ0v) is 15.4. The Morgan fingerprint density at radius 3 is 2.08 bits per heavy atom. The fourth-order valence-corrected chi connectivity index (χ4v) is 4.55. The number of ether oxygens (including phenoxy) is 1. The van der Waals surface area contributed by atoms with E-state index in [0.29, 0.717) is 21.0 Å². The van der Waals surface area contributed by atoms with Crippen LogP contribution in [0.15, 0.2) is 84.9 Å². The Bertz CT molecular complexity index is 729. The Labute approximate surface area is 150 Å². The van der Waals surface area contributed by atoms with Gasteiger partial charge in [0.15, 0.2) is 0 Å². The summed E-state index contributed by atoms with van der Waals surface area (Å²) in [5, 5.41) is 4.77. The van der Waals surface area contributed by atoms with Gasteiger partial charge >= 0.3 is 150 Å². The predicted molar refractivity (Wildman–Crippen MR) is 102 cm³/mol. The molecule has 0 bridgehead atoms. The summed E-state index contributed by atoms with van der Waals surface area (Å²) in [7, 11) is 1.70. The quantitative estimate of drug-likeness (QED) is 0.616. The second kappa shape index (κ2) is 8.58. The molecule has 1 atom stereocenters. The van der Waals surface area contributed by atoms with Gasteiger partial charge in [0.25, 0.3) is 0 Å². The number of nitrogens with one attached hydrogen (secondary N) is 1. The summed E-state index contributed by atoms with van der Waals surface area (Å²) in [5.41, 5.74) is 2.44. The molecule has 3 rings (SSSR count). The van der Waals surface area contributed by atoms with Crippen molar-refractivity contribution < 1.29 is 4.74 Å². The molecule has 0 radical (unpaired) electrons.